The SMILES string of the molecule is COc1cccc(Oc2c(C)cc(C(C)(C)c3cc(C)c(Oc4cccc(OC)c4C=O)c(C)c3)cc2C)c1C=O. The van der Waals surface area contributed by atoms with Crippen molar-refractivity contribution in [3.8, 4) is 34.5 Å². The van der Waals surface area contributed by atoms with Crippen molar-refractivity contribution >= 4 is 12.6 Å². The van der Waals surface area contributed by atoms with E-state index in [2.05, 4.69) is 38.1 Å². The molecule has 0 aliphatic carbocycles. The lowest BCUT2D eigenvalue weighted by Gasteiger charge is -2.29. The summed E-state index contributed by atoms with van der Waals surface area (Å²) in [5, 5.41) is 0. The Morgan fingerprint density at radius 2 is 0.878 bits per heavy atom. The number of aryl methyl sites for hydroxylation is 4. The number of carbonyl (C=O) groups excluding carboxylic acids is 2. The van der Waals surface area contributed by atoms with Gasteiger partial charge in [0.1, 0.15) is 34.5 Å². The van der Waals surface area contributed by atoms with Gasteiger partial charge >= 0.3 is 0 Å². The van der Waals surface area contributed by atoms with Crippen LogP contribution in [0.1, 0.15) is 67.9 Å². The van der Waals surface area contributed by atoms with Gasteiger partial charge in [-0.15, -0.1) is 0 Å². The molecule has 4 aromatic carbocycles. The minimum Gasteiger partial charge on any atom is -0.496 e. The molecule has 212 valence electrons. The highest BCUT2D eigenvalue weighted by atomic mass is 16.5. The van der Waals surface area contributed by atoms with Crippen molar-refractivity contribution in [2.75, 3.05) is 14.2 Å². The standard InChI is InChI=1S/C35H36O6/c1-21-15-25(16-22(2)33(21)40-31-13-9-11-29(38-7)27(31)19-36)35(5,6)26-17-23(3)34(24(4)18-26)41-32-14-10-12-30(39-8)28(32)20-37/h9-20H,1-8H3. The number of methoxy groups -OCH3 is 2. The zero-order chi connectivity index (χ0) is 29.9. The van der Waals surface area contributed by atoms with E-state index in [-0.39, 0.29) is 5.41 Å². The van der Waals surface area contributed by atoms with Gasteiger partial charge in [-0.25, -0.2) is 0 Å². The largest absolute Gasteiger partial charge is 0.496 e. The van der Waals surface area contributed by atoms with Crippen LogP contribution in [0.4, 0.5) is 0 Å². The summed E-state index contributed by atoms with van der Waals surface area (Å²) in [6.07, 6.45) is 1.50. The normalized spacial score (nSPS) is 11.1. The number of hydrogen-bond donors (Lipinski definition) is 0. The van der Waals surface area contributed by atoms with Gasteiger partial charge in [-0.3, -0.25) is 9.59 Å². The molecule has 4 rings (SSSR count). The molecule has 0 fully saturated rings. The van der Waals surface area contributed by atoms with Crippen LogP contribution in [0.15, 0.2) is 60.7 Å². The fourth-order valence-electron chi connectivity index (χ4n) is 5.14. The molecule has 0 saturated carbocycles. The molecule has 0 saturated heterocycles. The fourth-order valence-corrected chi connectivity index (χ4v) is 5.14. The number of hydrogen-bond acceptors (Lipinski definition) is 6. The highest BCUT2D eigenvalue weighted by Gasteiger charge is 2.27. The van der Waals surface area contributed by atoms with Crippen LogP contribution in [0.3, 0.4) is 0 Å². The first kappa shape index (κ1) is 29.4. The number of aldehydes is 2. The van der Waals surface area contributed by atoms with Crippen molar-refractivity contribution in [2.24, 2.45) is 0 Å². The molecule has 0 N–H and O–H groups in total. The van der Waals surface area contributed by atoms with Crippen LogP contribution in [0.25, 0.3) is 0 Å². The van der Waals surface area contributed by atoms with Gasteiger partial charge in [0.15, 0.2) is 12.6 Å². The molecule has 0 heterocycles. The van der Waals surface area contributed by atoms with E-state index >= 15 is 0 Å². The zero-order valence-electron chi connectivity index (χ0n) is 24.9. The number of benzene rings is 4. The summed E-state index contributed by atoms with van der Waals surface area (Å²) in [6, 6.07) is 19.1. The maximum Gasteiger partial charge on any atom is 0.157 e. The quantitative estimate of drug-likeness (QED) is 0.184. The van der Waals surface area contributed by atoms with Crippen molar-refractivity contribution in [3.05, 3.63) is 105 Å². The Morgan fingerprint density at radius 3 is 1.17 bits per heavy atom. The summed E-state index contributed by atoms with van der Waals surface area (Å²) < 4.78 is 23.2. The summed E-state index contributed by atoms with van der Waals surface area (Å²) in [5.41, 5.74) is 6.51. The topological polar surface area (TPSA) is 71.1 Å². The fraction of sp³-hybridized carbons (Fsp3) is 0.257. The molecular weight excluding hydrogens is 516 g/mol. The van der Waals surface area contributed by atoms with Gasteiger partial charge in [-0.05, 0) is 85.3 Å². The molecule has 0 aromatic heterocycles. The third-order valence-corrected chi connectivity index (χ3v) is 7.52. The van der Waals surface area contributed by atoms with Gasteiger partial charge in [0.25, 0.3) is 0 Å². The summed E-state index contributed by atoms with van der Waals surface area (Å²) in [5.74, 6) is 3.26. The first-order valence-electron chi connectivity index (χ1n) is 13.4. The molecule has 0 unspecified atom stereocenters. The monoisotopic (exact) mass is 552 g/mol. The number of carbonyl (C=O) groups is 2. The predicted octanol–water partition coefficient (Wildman–Crippen LogP) is 8.47. The lowest BCUT2D eigenvalue weighted by molar-refractivity contribution is 0.111. The van der Waals surface area contributed by atoms with Gasteiger partial charge in [-0.2, -0.15) is 0 Å². The second kappa shape index (κ2) is 11.9. The molecule has 6 heteroatoms. The van der Waals surface area contributed by atoms with Crippen LogP contribution in [0, 0.1) is 27.7 Å². The Kier molecular flexibility index (Phi) is 8.52. The Morgan fingerprint density at radius 1 is 0.561 bits per heavy atom. The van der Waals surface area contributed by atoms with Gasteiger partial charge in [0.05, 0.1) is 25.3 Å². The van der Waals surface area contributed by atoms with Crippen molar-refractivity contribution in [1.29, 1.82) is 0 Å². The molecule has 6 nitrogen and oxygen atoms in total. The van der Waals surface area contributed by atoms with Gasteiger partial charge in [-0.1, -0.05) is 50.2 Å². The molecule has 0 bridgehead atoms. The van der Waals surface area contributed by atoms with E-state index in [4.69, 9.17) is 18.9 Å². The lowest BCUT2D eigenvalue weighted by atomic mass is 9.76. The van der Waals surface area contributed by atoms with E-state index in [9.17, 15) is 9.59 Å². The highest BCUT2D eigenvalue weighted by molar-refractivity contribution is 5.84. The van der Waals surface area contributed by atoms with Crippen LogP contribution in [-0.4, -0.2) is 26.8 Å². The van der Waals surface area contributed by atoms with Gasteiger partial charge in [0, 0.05) is 5.41 Å². The van der Waals surface area contributed by atoms with Crippen LogP contribution >= 0.6 is 0 Å². The molecule has 0 aliphatic heterocycles. The second-order valence-corrected chi connectivity index (χ2v) is 10.7. The Labute approximate surface area is 241 Å². The third kappa shape index (κ3) is 5.68. The van der Waals surface area contributed by atoms with Crippen LogP contribution in [0.5, 0.6) is 34.5 Å². The Balaban J connectivity index is 1.68. The molecular formula is C35H36O6. The molecule has 41 heavy (non-hydrogen) atoms. The highest BCUT2D eigenvalue weighted by Crippen LogP contribution is 2.41. The van der Waals surface area contributed by atoms with Crippen molar-refractivity contribution in [1.82, 2.24) is 0 Å². The molecule has 0 atom stereocenters. The molecule has 0 radical (unpaired) electrons. The minimum absolute atomic E-state index is 0.337. The van der Waals surface area contributed by atoms with Gasteiger partial charge < -0.3 is 18.9 Å². The smallest absolute Gasteiger partial charge is 0.157 e. The van der Waals surface area contributed by atoms with E-state index in [1.807, 2.05) is 27.7 Å². The second-order valence-electron chi connectivity index (χ2n) is 10.7. The minimum atomic E-state index is -0.337. The van der Waals surface area contributed by atoms with Crippen molar-refractivity contribution in [2.45, 2.75) is 47.0 Å². The maximum absolute atomic E-state index is 11.8. The van der Waals surface area contributed by atoms with Gasteiger partial charge in [0.2, 0.25) is 0 Å². The number of rotatable bonds is 10. The van der Waals surface area contributed by atoms with Crippen LogP contribution in [0.2, 0.25) is 0 Å². The predicted molar refractivity (Wildman–Crippen MR) is 161 cm³/mol. The third-order valence-electron chi connectivity index (χ3n) is 7.52. The Bertz CT molecular complexity index is 1450. The van der Waals surface area contributed by atoms with E-state index in [0.29, 0.717) is 45.6 Å². The van der Waals surface area contributed by atoms with E-state index in [0.717, 1.165) is 46.0 Å². The van der Waals surface area contributed by atoms with Crippen molar-refractivity contribution < 1.29 is 28.5 Å². The summed E-state index contributed by atoms with van der Waals surface area (Å²) in [7, 11) is 3.06. The molecule has 0 aliphatic rings. The Hall–Kier alpha value is -4.58. The van der Waals surface area contributed by atoms with E-state index in [1.54, 1.807) is 36.4 Å². The van der Waals surface area contributed by atoms with Crippen LogP contribution < -0.4 is 18.9 Å². The first-order chi connectivity index (χ1) is 19.5. The number of ether oxygens (including phenoxy) is 4. The zero-order valence-corrected chi connectivity index (χ0v) is 24.9. The first-order valence-corrected chi connectivity index (χ1v) is 13.4. The lowest BCUT2D eigenvalue weighted by Crippen LogP contribution is -2.20. The molecule has 0 amide bonds. The molecule has 4 aromatic rings. The molecule has 0 spiro atoms. The van der Waals surface area contributed by atoms with Crippen LogP contribution in [-0.2, 0) is 5.41 Å². The van der Waals surface area contributed by atoms with E-state index < -0.39 is 0 Å². The maximum atomic E-state index is 11.8. The average Bonchev–Trinajstić information content (AvgIpc) is 2.95. The summed E-state index contributed by atoms with van der Waals surface area (Å²) in [6.45, 7) is 12.4. The average molecular weight is 553 g/mol. The summed E-state index contributed by atoms with van der Waals surface area (Å²) in [4.78, 5) is 23.5. The van der Waals surface area contributed by atoms with Crippen molar-refractivity contribution in [3.63, 3.8) is 0 Å². The van der Waals surface area contributed by atoms with E-state index in [1.165, 1.54) is 14.2 Å². The summed E-state index contributed by atoms with van der Waals surface area (Å²) >= 11 is 0.